The predicted octanol–water partition coefficient (Wildman–Crippen LogP) is 2.92. The minimum atomic E-state index is -3.88. The van der Waals surface area contributed by atoms with Crippen molar-refractivity contribution < 1.29 is 12.8 Å². The lowest BCUT2D eigenvalue weighted by atomic mass is 10.2. The molecule has 1 aromatic heterocycles. The summed E-state index contributed by atoms with van der Waals surface area (Å²) in [4.78, 5) is 11.4. The van der Waals surface area contributed by atoms with Crippen molar-refractivity contribution in [3.05, 3.63) is 62.6 Å². The first-order valence-corrected chi connectivity index (χ1v) is 9.05. The van der Waals surface area contributed by atoms with Crippen LogP contribution in [0.25, 0.3) is 11.1 Å². The van der Waals surface area contributed by atoms with Gasteiger partial charge in [0, 0.05) is 24.7 Å². The molecule has 24 heavy (non-hydrogen) atoms. The first kappa shape index (κ1) is 17.0. The van der Waals surface area contributed by atoms with Crippen LogP contribution in [0.3, 0.4) is 0 Å². The fraction of sp³-hybridized carbons (Fsp3) is 0.133. The van der Waals surface area contributed by atoms with Crippen LogP contribution in [0.1, 0.15) is 5.56 Å². The Balaban J connectivity index is 1.94. The number of rotatable bonds is 4. The molecule has 0 aliphatic heterocycles. The molecule has 126 valence electrons. The van der Waals surface area contributed by atoms with Gasteiger partial charge in [-0.2, -0.15) is 0 Å². The van der Waals surface area contributed by atoms with Crippen molar-refractivity contribution in [1.29, 1.82) is 0 Å². The molecular weight excluding hydrogens is 375 g/mol. The van der Waals surface area contributed by atoms with E-state index in [-0.39, 0.29) is 22.0 Å². The maximum Gasteiger partial charge on any atom is 0.419 e. The summed E-state index contributed by atoms with van der Waals surface area (Å²) in [5, 5.41) is 0.566. The summed E-state index contributed by atoms with van der Waals surface area (Å²) in [6.07, 6.45) is 0. The van der Waals surface area contributed by atoms with Crippen LogP contribution in [0.2, 0.25) is 10.0 Å². The second kappa shape index (κ2) is 6.25. The summed E-state index contributed by atoms with van der Waals surface area (Å²) in [7, 11) is -2.37. The van der Waals surface area contributed by atoms with Crippen molar-refractivity contribution in [3.8, 4) is 0 Å². The fourth-order valence-electron chi connectivity index (χ4n) is 2.19. The highest BCUT2D eigenvalue weighted by Crippen LogP contribution is 2.27. The monoisotopic (exact) mass is 386 g/mol. The van der Waals surface area contributed by atoms with Gasteiger partial charge in [0.15, 0.2) is 5.58 Å². The van der Waals surface area contributed by atoms with Gasteiger partial charge >= 0.3 is 5.76 Å². The van der Waals surface area contributed by atoms with Gasteiger partial charge in [0.25, 0.3) is 0 Å². The number of nitrogens with one attached hydrogen (secondary N) is 1. The number of hydrogen-bond acceptors (Lipinski definition) is 4. The van der Waals surface area contributed by atoms with E-state index in [2.05, 4.69) is 4.72 Å². The van der Waals surface area contributed by atoms with Crippen LogP contribution < -0.4 is 10.5 Å². The molecule has 2 aromatic carbocycles. The van der Waals surface area contributed by atoms with Crippen molar-refractivity contribution in [3.63, 3.8) is 0 Å². The molecular formula is C15H12Cl2N2O4S. The highest BCUT2D eigenvalue weighted by Gasteiger charge is 2.21. The van der Waals surface area contributed by atoms with Crippen LogP contribution in [0.5, 0.6) is 0 Å². The Morgan fingerprint density at radius 2 is 1.83 bits per heavy atom. The lowest BCUT2D eigenvalue weighted by Gasteiger charge is -2.09. The van der Waals surface area contributed by atoms with Gasteiger partial charge < -0.3 is 4.42 Å². The topological polar surface area (TPSA) is 81.3 Å². The minimum Gasteiger partial charge on any atom is -0.408 e. The summed E-state index contributed by atoms with van der Waals surface area (Å²) in [6.45, 7) is 0.0760. The van der Waals surface area contributed by atoms with E-state index in [0.717, 1.165) is 5.56 Å². The molecule has 0 spiro atoms. The van der Waals surface area contributed by atoms with E-state index in [9.17, 15) is 13.2 Å². The Bertz CT molecular complexity index is 1070. The Morgan fingerprint density at radius 3 is 2.50 bits per heavy atom. The molecule has 9 heteroatoms. The van der Waals surface area contributed by atoms with Crippen molar-refractivity contribution in [2.45, 2.75) is 11.4 Å². The van der Waals surface area contributed by atoms with Crippen LogP contribution in [-0.4, -0.2) is 13.0 Å². The summed E-state index contributed by atoms with van der Waals surface area (Å²) in [6, 6.07) is 9.39. The first-order valence-electron chi connectivity index (χ1n) is 6.81. The molecule has 0 saturated heterocycles. The number of halogens is 2. The molecule has 3 rings (SSSR count). The molecule has 6 nitrogen and oxygen atoms in total. The van der Waals surface area contributed by atoms with Gasteiger partial charge in [-0.1, -0.05) is 35.3 Å². The third kappa shape index (κ3) is 3.21. The number of fused-ring (bicyclic) bond motifs is 1. The van der Waals surface area contributed by atoms with E-state index >= 15 is 0 Å². The van der Waals surface area contributed by atoms with Crippen LogP contribution in [0, 0.1) is 0 Å². The van der Waals surface area contributed by atoms with E-state index in [1.54, 1.807) is 24.3 Å². The van der Waals surface area contributed by atoms with Crippen LogP contribution in [0.4, 0.5) is 0 Å². The summed E-state index contributed by atoms with van der Waals surface area (Å²) in [5.41, 5.74) is 1.31. The maximum atomic E-state index is 12.5. The number of nitrogens with zero attached hydrogens (tertiary/aromatic N) is 1. The smallest absolute Gasteiger partial charge is 0.408 e. The Morgan fingerprint density at radius 1 is 1.17 bits per heavy atom. The molecule has 0 atom stereocenters. The average Bonchev–Trinajstić information content (AvgIpc) is 2.81. The fourth-order valence-corrected chi connectivity index (χ4v) is 3.87. The summed E-state index contributed by atoms with van der Waals surface area (Å²) >= 11 is 11.9. The zero-order valence-electron chi connectivity index (χ0n) is 12.4. The third-order valence-corrected chi connectivity index (χ3v) is 5.63. The van der Waals surface area contributed by atoms with E-state index in [1.165, 1.54) is 23.7 Å². The van der Waals surface area contributed by atoms with E-state index in [1.807, 2.05) is 0 Å². The molecule has 3 aromatic rings. The lowest BCUT2D eigenvalue weighted by molar-refractivity contribution is 0.527. The molecule has 0 unspecified atom stereocenters. The van der Waals surface area contributed by atoms with Crippen molar-refractivity contribution in [2.75, 3.05) is 0 Å². The van der Waals surface area contributed by atoms with Crippen molar-refractivity contribution >= 4 is 44.3 Å². The molecule has 0 saturated carbocycles. The standard InChI is InChI=1S/C15H12Cl2N2O4S/c1-19-12-6-11(17)14(7-13(12)23-15(19)20)24(21,22)18-8-9-2-4-10(16)5-3-9/h2-7,18H,8H2,1H3. The number of oxazole rings is 1. The molecule has 0 aliphatic carbocycles. The Hall–Kier alpha value is -1.80. The van der Waals surface area contributed by atoms with Gasteiger partial charge in [-0.15, -0.1) is 0 Å². The second-order valence-electron chi connectivity index (χ2n) is 5.13. The van der Waals surface area contributed by atoms with E-state index < -0.39 is 15.8 Å². The number of aromatic nitrogens is 1. The second-order valence-corrected chi connectivity index (χ2v) is 7.71. The largest absolute Gasteiger partial charge is 0.419 e. The normalized spacial score (nSPS) is 12.0. The number of benzene rings is 2. The highest BCUT2D eigenvalue weighted by atomic mass is 35.5. The highest BCUT2D eigenvalue weighted by molar-refractivity contribution is 7.89. The zero-order chi connectivity index (χ0) is 17.5. The average molecular weight is 387 g/mol. The number of sulfonamides is 1. The summed E-state index contributed by atoms with van der Waals surface area (Å²) in [5.74, 6) is -0.593. The summed E-state index contributed by atoms with van der Waals surface area (Å²) < 4.78 is 33.7. The molecule has 1 heterocycles. The minimum absolute atomic E-state index is 0.00232. The van der Waals surface area contributed by atoms with Gasteiger partial charge in [0.05, 0.1) is 10.5 Å². The molecule has 0 aliphatic rings. The van der Waals surface area contributed by atoms with Crippen molar-refractivity contribution in [1.82, 2.24) is 9.29 Å². The van der Waals surface area contributed by atoms with Crippen LogP contribution in [-0.2, 0) is 23.6 Å². The molecule has 0 amide bonds. The predicted molar refractivity (Wildman–Crippen MR) is 91.9 cm³/mol. The Labute approximate surface area is 147 Å². The van der Waals surface area contributed by atoms with Gasteiger partial charge in [0.2, 0.25) is 10.0 Å². The first-order chi connectivity index (χ1) is 11.3. The van der Waals surface area contributed by atoms with E-state index in [0.29, 0.717) is 10.5 Å². The van der Waals surface area contributed by atoms with Gasteiger partial charge in [-0.25, -0.2) is 17.9 Å². The number of aryl methyl sites for hydroxylation is 1. The molecule has 0 radical (unpaired) electrons. The Kier molecular flexibility index (Phi) is 4.44. The van der Waals surface area contributed by atoms with Crippen LogP contribution >= 0.6 is 23.2 Å². The quantitative estimate of drug-likeness (QED) is 0.747. The maximum absolute atomic E-state index is 12.5. The van der Waals surface area contributed by atoms with Crippen molar-refractivity contribution in [2.24, 2.45) is 7.05 Å². The van der Waals surface area contributed by atoms with E-state index in [4.69, 9.17) is 27.6 Å². The molecule has 0 bridgehead atoms. The SMILES string of the molecule is Cn1c(=O)oc2cc(S(=O)(=O)NCc3ccc(Cl)cc3)c(Cl)cc21. The number of hydrogen-bond donors (Lipinski definition) is 1. The van der Waals surface area contributed by atoms with Gasteiger partial charge in [0.1, 0.15) is 4.90 Å². The van der Waals surface area contributed by atoms with Gasteiger partial charge in [-0.3, -0.25) is 4.57 Å². The van der Waals surface area contributed by atoms with Crippen LogP contribution in [0.15, 0.2) is 50.5 Å². The lowest BCUT2D eigenvalue weighted by Crippen LogP contribution is -2.23. The zero-order valence-corrected chi connectivity index (χ0v) is 14.7. The molecule has 1 N–H and O–H groups in total. The molecule has 0 fully saturated rings. The third-order valence-electron chi connectivity index (χ3n) is 3.52. The van der Waals surface area contributed by atoms with Gasteiger partial charge in [-0.05, 0) is 23.8 Å².